The summed E-state index contributed by atoms with van der Waals surface area (Å²) in [5.41, 5.74) is 2.96. The maximum atomic E-state index is 12.1. The lowest BCUT2D eigenvalue weighted by atomic mass is 10.1. The average molecular weight is 323 g/mol. The van der Waals surface area contributed by atoms with Gasteiger partial charge in [0, 0.05) is 25.0 Å². The molecule has 5 nitrogen and oxygen atoms in total. The number of oxazole rings is 1. The minimum Gasteiger partial charge on any atom is -0.441 e. The van der Waals surface area contributed by atoms with Crippen molar-refractivity contribution in [2.24, 2.45) is 0 Å². The van der Waals surface area contributed by atoms with Crippen molar-refractivity contribution in [3.8, 4) is 5.75 Å². The van der Waals surface area contributed by atoms with Gasteiger partial charge in [0.2, 0.25) is 0 Å². The third-order valence-corrected chi connectivity index (χ3v) is 3.63. The topological polar surface area (TPSA) is 69.4 Å². The molecular weight excluding hydrogens is 306 g/mol. The number of rotatable bonds is 5. The number of aromatic nitrogens is 1. The summed E-state index contributed by atoms with van der Waals surface area (Å²) < 4.78 is 10.7. The number of ketones is 1. The third kappa shape index (κ3) is 3.68. The highest BCUT2D eigenvalue weighted by molar-refractivity contribution is 5.97. The molecule has 0 N–H and O–H groups in total. The standard InChI is InChI=1S/C19H17NO4/c1-12-3-5-14(6-4-12)17(21)9-10-19(22)24-15-7-8-16-18(11-15)23-13(2)20-16/h3-8,11H,9-10H2,1-2H3. The van der Waals surface area contributed by atoms with E-state index >= 15 is 0 Å². The maximum Gasteiger partial charge on any atom is 0.311 e. The summed E-state index contributed by atoms with van der Waals surface area (Å²) in [6.07, 6.45) is 0.145. The molecule has 0 aliphatic rings. The Morgan fingerprint density at radius 1 is 1.04 bits per heavy atom. The molecule has 3 rings (SSSR count). The first-order valence-electron chi connectivity index (χ1n) is 7.69. The van der Waals surface area contributed by atoms with Gasteiger partial charge in [-0.1, -0.05) is 29.8 Å². The van der Waals surface area contributed by atoms with Gasteiger partial charge in [-0.15, -0.1) is 0 Å². The molecule has 0 saturated carbocycles. The van der Waals surface area contributed by atoms with E-state index in [1.54, 1.807) is 37.3 Å². The number of fused-ring (bicyclic) bond motifs is 1. The summed E-state index contributed by atoms with van der Waals surface area (Å²) >= 11 is 0. The minimum atomic E-state index is -0.453. The van der Waals surface area contributed by atoms with Crippen molar-refractivity contribution >= 4 is 22.9 Å². The molecule has 0 fully saturated rings. The van der Waals surface area contributed by atoms with Gasteiger partial charge in [-0.3, -0.25) is 9.59 Å². The fourth-order valence-electron chi connectivity index (χ4n) is 2.37. The Hall–Kier alpha value is -2.95. The van der Waals surface area contributed by atoms with Crippen LogP contribution in [-0.4, -0.2) is 16.7 Å². The predicted molar refractivity (Wildman–Crippen MR) is 89.1 cm³/mol. The van der Waals surface area contributed by atoms with Crippen LogP contribution in [0.3, 0.4) is 0 Å². The second-order valence-electron chi connectivity index (χ2n) is 5.63. The van der Waals surface area contributed by atoms with Gasteiger partial charge in [-0.25, -0.2) is 4.98 Å². The van der Waals surface area contributed by atoms with Crippen molar-refractivity contribution in [2.45, 2.75) is 26.7 Å². The first-order chi connectivity index (χ1) is 11.5. The average Bonchev–Trinajstić information content (AvgIpc) is 2.92. The molecule has 3 aromatic rings. The summed E-state index contributed by atoms with van der Waals surface area (Å²) in [6, 6.07) is 12.3. The number of esters is 1. The van der Waals surface area contributed by atoms with E-state index < -0.39 is 5.97 Å². The molecule has 0 spiro atoms. The molecule has 0 aliphatic carbocycles. The molecule has 0 radical (unpaired) electrons. The van der Waals surface area contributed by atoms with Gasteiger partial charge < -0.3 is 9.15 Å². The number of Topliss-reactive ketones (excluding diaryl/α,β-unsaturated/α-hetero) is 1. The van der Waals surface area contributed by atoms with E-state index in [0.717, 1.165) is 5.56 Å². The highest BCUT2D eigenvalue weighted by Crippen LogP contribution is 2.22. The zero-order valence-corrected chi connectivity index (χ0v) is 13.5. The van der Waals surface area contributed by atoms with Crippen LogP contribution in [0.15, 0.2) is 46.9 Å². The highest BCUT2D eigenvalue weighted by atomic mass is 16.5. The molecule has 0 bridgehead atoms. The number of hydrogen-bond acceptors (Lipinski definition) is 5. The van der Waals surface area contributed by atoms with Crippen molar-refractivity contribution in [1.82, 2.24) is 4.98 Å². The summed E-state index contributed by atoms with van der Waals surface area (Å²) in [4.78, 5) is 28.2. The van der Waals surface area contributed by atoms with Gasteiger partial charge in [-0.05, 0) is 19.1 Å². The molecule has 5 heteroatoms. The van der Waals surface area contributed by atoms with Crippen molar-refractivity contribution in [3.05, 3.63) is 59.5 Å². The third-order valence-electron chi connectivity index (χ3n) is 3.63. The molecule has 122 valence electrons. The maximum absolute atomic E-state index is 12.1. The number of nitrogens with zero attached hydrogens (tertiary/aromatic N) is 1. The van der Waals surface area contributed by atoms with Crippen LogP contribution < -0.4 is 4.74 Å². The number of carbonyl (C=O) groups excluding carboxylic acids is 2. The molecule has 0 aliphatic heterocycles. The molecule has 0 amide bonds. The quantitative estimate of drug-likeness (QED) is 0.403. The van der Waals surface area contributed by atoms with E-state index in [2.05, 4.69) is 4.98 Å². The lowest BCUT2D eigenvalue weighted by Crippen LogP contribution is -2.10. The first-order valence-corrected chi connectivity index (χ1v) is 7.69. The molecule has 0 saturated heterocycles. The summed E-state index contributed by atoms with van der Waals surface area (Å²) in [5, 5.41) is 0. The lowest BCUT2D eigenvalue weighted by Gasteiger charge is -2.04. The SMILES string of the molecule is Cc1ccc(C(=O)CCC(=O)Oc2ccc3nc(C)oc3c2)cc1. The number of carbonyl (C=O) groups is 2. The van der Waals surface area contributed by atoms with E-state index in [1.807, 2.05) is 19.1 Å². The van der Waals surface area contributed by atoms with Crippen LogP contribution >= 0.6 is 0 Å². The fraction of sp³-hybridized carbons (Fsp3) is 0.211. The van der Waals surface area contributed by atoms with E-state index in [1.165, 1.54) is 0 Å². The number of benzene rings is 2. The van der Waals surface area contributed by atoms with Crippen LogP contribution in [0.2, 0.25) is 0 Å². The van der Waals surface area contributed by atoms with Gasteiger partial charge in [0.15, 0.2) is 17.3 Å². The Labute approximate surface area is 139 Å². The number of ether oxygens (including phenoxy) is 1. The summed E-state index contributed by atoms with van der Waals surface area (Å²) in [7, 11) is 0. The molecule has 1 aromatic heterocycles. The molecule has 0 atom stereocenters. The van der Waals surface area contributed by atoms with Crippen molar-refractivity contribution in [1.29, 1.82) is 0 Å². The lowest BCUT2D eigenvalue weighted by molar-refractivity contribution is -0.134. The Morgan fingerprint density at radius 2 is 1.79 bits per heavy atom. The van der Waals surface area contributed by atoms with Crippen molar-refractivity contribution in [3.63, 3.8) is 0 Å². The smallest absolute Gasteiger partial charge is 0.311 e. The van der Waals surface area contributed by atoms with Gasteiger partial charge in [0.05, 0.1) is 6.42 Å². The normalized spacial score (nSPS) is 10.8. The Balaban J connectivity index is 1.58. The minimum absolute atomic E-state index is 0.0280. The summed E-state index contributed by atoms with van der Waals surface area (Å²) in [5.74, 6) is 0.405. The zero-order chi connectivity index (χ0) is 17.1. The Bertz CT molecular complexity index is 893. The van der Waals surface area contributed by atoms with Crippen LogP contribution in [0.1, 0.15) is 34.7 Å². The highest BCUT2D eigenvalue weighted by Gasteiger charge is 2.12. The van der Waals surface area contributed by atoms with Crippen molar-refractivity contribution in [2.75, 3.05) is 0 Å². The molecular formula is C19H17NO4. The predicted octanol–water partition coefficient (Wildman–Crippen LogP) is 4.01. The molecule has 24 heavy (non-hydrogen) atoms. The van der Waals surface area contributed by atoms with Crippen LogP contribution in [0.4, 0.5) is 0 Å². The first kappa shape index (κ1) is 15.9. The zero-order valence-electron chi connectivity index (χ0n) is 13.5. The monoisotopic (exact) mass is 323 g/mol. The van der Waals surface area contributed by atoms with Crippen LogP contribution in [0, 0.1) is 13.8 Å². The van der Waals surface area contributed by atoms with E-state index in [0.29, 0.717) is 28.3 Å². The number of hydrogen-bond donors (Lipinski definition) is 0. The van der Waals surface area contributed by atoms with Gasteiger partial charge >= 0.3 is 5.97 Å². The van der Waals surface area contributed by atoms with E-state index in [9.17, 15) is 9.59 Å². The Morgan fingerprint density at radius 3 is 2.54 bits per heavy atom. The second kappa shape index (κ2) is 6.66. The van der Waals surface area contributed by atoms with Crippen LogP contribution in [0.25, 0.3) is 11.1 Å². The van der Waals surface area contributed by atoms with Crippen LogP contribution in [-0.2, 0) is 4.79 Å². The van der Waals surface area contributed by atoms with Gasteiger partial charge in [-0.2, -0.15) is 0 Å². The van der Waals surface area contributed by atoms with Crippen molar-refractivity contribution < 1.29 is 18.7 Å². The molecule has 0 unspecified atom stereocenters. The van der Waals surface area contributed by atoms with Crippen LogP contribution in [0.5, 0.6) is 5.75 Å². The largest absolute Gasteiger partial charge is 0.441 e. The Kier molecular flexibility index (Phi) is 4.42. The van der Waals surface area contributed by atoms with Gasteiger partial charge in [0.1, 0.15) is 11.3 Å². The molecule has 2 aromatic carbocycles. The van der Waals surface area contributed by atoms with E-state index in [-0.39, 0.29) is 18.6 Å². The summed E-state index contributed by atoms with van der Waals surface area (Å²) in [6.45, 7) is 3.71. The fourth-order valence-corrected chi connectivity index (χ4v) is 2.37. The molecule has 1 heterocycles. The van der Waals surface area contributed by atoms with E-state index in [4.69, 9.17) is 9.15 Å². The second-order valence-corrected chi connectivity index (χ2v) is 5.63. The van der Waals surface area contributed by atoms with Gasteiger partial charge in [0.25, 0.3) is 0 Å². The number of aryl methyl sites for hydroxylation is 2.